The van der Waals surface area contributed by atoms with Gasteiger partial charge in [-0.05, 0) is 131 Å². The van der Waals surface area contributed by atoms with Crippen molar-refractivity contribution < 1.29 is 0 Å². The van der Waals surface area contributed by atoms with Crippen LogP contribution in [0.25, 0.3) is 11.1 Å². The third-order valence-electron chi connectivity index (χ3n) is 17.3. The Morgan fingerprint density at radius 3 is 1.62 bits per heavy atom. The first-order chi connectivity index (χ1) is 30.9. The van der Waals surface area contributed by atoms with Crippen LogP contribution in [0.5, 0.6) is 0 Å². The largest absolute Gasteiger partial charge is 0.139 e. The van der Waals surface area contributed by atoms with Crippen molar-refractivity contribution >= 4 is 26.6 Å². The highest BCUT2D eigenvalue weighted by molar-refractivity contribution is 6.37. The molecule has 0 aromatic heterocycles. The Kier molecular flexibility index (Phi) is 10.6. The molecule has 11 rings (SSSR count). The molecule has 0 nitrogen and oxygen atoms in total. The Morgan fingerprint density at radius 1 is 0.492 bits per heavy atom. The molecule has 63 heavy (non-hydrogen) atoms. The smallest absolute Gasteiger partial charge is 0.0856 e. The van der Waals surface area contributed by atoms with E-state index >= 15 is 0 Å². The van der Waals surface area contributed by atoms with Crippen molar-refractivity contribution in [1.82, 2.24) is 0 Å². The van der Waals surface area contributed by atoms with E-state index in [1.807, 2.05) is 0 Å². The molecule has 0 heterocycles. The lowest BCUT2D eigenvalue weighted by molar-refractivity contribution is 0.225. The standard InChI is InChI=1S/C61H64B2/c1-59-35-17-14-23-53(59)52-22-10-13-26-56(52)61(59,49-34-32-43-28-30-45(43)39-49)37-16-5-3-7-19-47-41-57(62)46(40-58(47)63)18-6-2-4-15-36-60(48-33-31-42-27-29-44(42)38-48)54-24-11-8-20-50(54)51-21-9-12-25-55(51)60/h8-14,17,20-26,31-35,38-41,53H,2-7,15-16,18-19,27-30,36-37,62-63H2,1H3. The predicted octanol–water partition coefficient (Wildman–Crippen LogP) is 11.6. The van der Waals surface area contributed by atoms with E-state index in [1.54, 1.807) is 50.1 Å². The number of allylic oxidation sites excluding steroid dienone is 4. The highest BCUT2D eigenvalue weighted by Crippen LogP contribution is 2.66. The average Bonchev–Trinajstić information content (AvgIpc) is 3.70. The van der Waals surface area contributed by atoms with Crippen LogP contribution < -0.4 is 10.9 Å². The van der Waals surface area contributed by atoms with Crippen LogP contribution in [0.15, 0.2) is 146 Å². The summed E-state index contributed by atoms with van der Waals surface area (Å²) in [6.07, 6.45) is 29.6. The van der Waals surface area contributed by atoms with Crippen molar-refractivity contribution in [3.05, 3.63) is 212 Å². The Bertz CT molecular complexity index is 2720. The Balaban J connectivity index is 0.701. The van der Waals surface area contributed by atoms with Gasteiger partial charge in [-0.25, -0.2) is 0 Å². The van der Waals surface area contributed by atoms with Crippen LogP contribution in [-0.4, -0.2) is 15.7 Å². The molecular formula is C61H64B2. The molecule has 0 fully saturated rings. The molecule has 0 aliphatic heterocycles. The first-order valence-electron chi connectivity index (χ1n) is 24.9. The number of hydrogen-bond donors (Lipinski definition) is 0. The lowest BCUT2D eigenvalue weighted by Crippen LogP contribution is -2.42. The Hall–Kier alpha value is -5.07. The van der Waals surface area contributed by atoms with E-state index in [-0.39, 0.29) is 16.2 Å². The van der Waals surface area contributed by atoms with Crippen molar-refractivity contribution in [3.8, 4) is 11.1 Å². The third-order valence-corrected chi connectivity index (χ3v) is 17.3. The predicted molar refractivity (Wildman–Crippen MR) is 272 cm³/mol. The van der Waals surface area contributed by atoms with Gasteiger partial charge >= 0.3 is 0 Å². The molecule has 0 amide bonds. The van der Waals surface area contributed by atoms with E-state index in [2.05, 4.69) is 168 Å². The summed E-state index contributed by atoms with van der Waals surface area (Å²) < 4.78 is 0. The number of hydrogen-bond acceptors (Lipinski definition) is 0. The van der Waals surface area contributed by atoms with Gasteiger partial charge in [0.15, 0.2) is 0 Å². The molecular weight excluding hydrogens is 754 g/mol. The van der Waals surface area contributed by atoms with Crippen LogP contribution >= 0.6 is 0 Å². The van der Waals surface area contributed by atoms with Crippen molar-refractivity contribution in [3.63, 3.8) is 0 Å². The maximum Gasteiger partial charge on any atom is 0.139 e. The fourth-order valence-electron chi connectivity index (χ4n) is 13.6. The molecule has 0 saturated heterocycles. The summed E-state index contributed by atoms with van der Waals surface area (Å²) in [5, 5.41) is 0. The van der Waals surface area contributed by atoms with Crippen LogP contribution in [0.4, 0.5) is 0 Å². The second-order valence-corrected chi connectivity index (χ2v) is 20.5. The summed E-state index contributed by atoms with van der Waals surface area (Å²) in [5.41, 5.74) is 24.4. The number of rotatable bonds is 16. The third kappa shape index (κ3) is 6.63. The summed E-state index contributed by atoms with van der Waals surface area (Å²) in [4.78, 5) is 0. The minimum atomic E-state index is -0.0549. The summed E-state index contributed by atoms with van der Waals surface area (Å²) >= 11 is 0. The van der Waals surface area contributed by atoms with Gasteiger partial charge in [0.2, 0.25) is 0 Å². The highest BCUT2D eigenvalue weighted by atomic mass is 14.6. The minimum Gasteiger partial charge on any atom is -0.0856 e. The fraction of sp³-hybridized carbons (Fsp3) is 0.344. The summed E-state index contributed by atoms with van der Waals surface area (Å²) in [7, 11) is 4.73. The number of aryl methyl sites for hydroxylation is 6. The second-order valence-electron chi connectivity index (χ2n) is 20.5. The van der Waals surface area contributed by atoms with Crippen LogP contribution in [-0.2, 0) is 49.4 Å². The molecule has 0 N–H and O–H groups in total. The van der Waals surface area contributed by atoms with E-state index < -0.39 is 0 Å². The SMILES string of the molecule is Bc1cc(CCCCCCC2(c3ccc4c(c3)CC4)c3ccccc3C3C=CC=CC32C)c(B)cc1CCCCCCC1(c2ccc3c(c2)CC3)c2ccccc2-c2ccccc21. The molecule has 3 atom stereocenters. The van der Waals surface area contributed by atoms with Crippen molar-refractivity contribution in [2.24, 2.45) is 5.41 Å². The second kappa shape index (κ2) is 16.5. The van der Waals surface area contributed by atoms with Gasteiger partial charge in [0.25, 0.3) is 0 Å². The van der Waals surface area contributed by atoms with Crippen LogP contribution in [0, 0.1) is 5.41 Å². The van der Waals surface area contributed by atoms with Gasteiger partial charge < -0.3 is 0 Å². The molecule has 314 valence electrons. The number of benzene rings is 6. The van der Waals surface area contributed by atoms with E-state index in [4.69, 9.17) is 0 Å². The fourth-order valence-corrected chi connectivity index (χ4v) is 13.6. The molecule has 0 bridgehead atoms. The first-order valence-corrected chi connectivity index (χ1v) is 24.9. The van der Waals surface area contributed by atoms with Crippen LogP contribution in [0.2, 0.25) is 0 Å². The van der Waals surface area contributed by atoms with Gasteiger partial charge in [-0.3, -0.25) is 0 Å². The zero-order valence-electron chi connectivity index (χ0n) is 38.2. The minimum absolute atomic E-state index is 0.00286. The quantitative estimate of drug-likeness (QED) is 0.0674. The number of fused-ring (bicyclic) bond motifs is 8. The van der Waals surface area contributed by atoms with E-state index in [0.717, 1.165) is 0 Å². The summed E-state index contributed by atoms with van der Waals surface area (Å²) in [6.45, 7) is 2.56. The molecule has 5 aliphatic rings. The van der Waals surface area contributed by atoms with Crippen molar-refractivity contribution in [2.75, 3.05) is 0 Å². The lowest BCUT2D eigenvalue weighted by atomic mass is 9.55. The Morgan fingerprint density at radius 2 is 1.02 bits per heavy atom. The molecule has 3 unspecified atom stereocenters. The Labute approximate surface area is 380 Å². The van der Waals surface area contributed by atoms with E-state index in [1.165, 1.54) is 141 Å². The molecule has 0 saturated carbocycles. The van der Waals surface area contributed by atoms with Gasteiger partial charge in [-0.15, -0.1) is 0 Å². The van der Waals surface area contributed by atoms with E-state index in [9.17, 15) is 0 Å². The molecule has 6 aromatic carbocycles. The summed E-state index contributed by atoms with van der Waals surface area (Å²) in [6, 6.07) is 48.0. The average molecular weight is 819 g/mol. The molecule has 0 radical (unpaired) electrons. The highest BCUT2D eigenvalue weighted by Gasteiger charge is 2.59. The van der Waals surface area contributed by atoms with Crippen LogP contribution in [0.3, 0.4) is 0 Å². The van der Waals surface area contributed by atoms with Gasteiger partial charge in [-0.1, -0.05) is 213 Å². The van der Waals surface area contributed by atoms with E-state index in [0.29, 0.717) is 5.92 Å². The molecule has 0 spiro atoms. The molecule has 5 aliphatic carbocycles. The zero-order valence-corrected chi connectivity index (χ0v) is 38.2. The van der Waals surface area contributed by atoms with Gasteiger partial charge in [0.05, 0.1) is 0 Å². The topological polar surface area (TPSA) is 0 Å². The molecule has 2 heteroatoms. The monoisotopic (exact) mass is 819 g/mol. The van der Waals surface area contributed by atoms with Gasteiger partial charge in [0, 0.05) is 22.2 Å². The van der Waals surface area contributed by atoms with Crippen molar-refractivity contribution in [2.45, 2.75) is 126 Å². The number of unbranched alkanes of at least 4 members (excludes halogenated alkanes) is 6. The maximum atomic E-state index is 2.60. The lowest BCUT2D eigenvalue weighted by Gasteiger charge is -2.47. The van der Waals surface area contributed by atoms with Gasteiger partial charge in [-0.2, -0.15) is 0 Å². The summed E-state index contributed by atoms with van der Waals surface area (Å²) in [5.74, 6) is 0.432. The maximum absolute atomic E-state index is 2.60. The van der Waals surface area contributed by atoms with Crippen molar-refractivity contribution in [1.29, 1.82) is 0 Å². The molecule has 6 aromatic rings. The first kappa shape index (κ1) is 40.7. The zero-order chi connectivity index (χ0) is 42.6. The van der Waals surface area contributed by atoms with Gasteiger partial charge in [0.1, 0.15) is 15.7 Å². The normalized spacial score (nSPS) is 21.4. The van der Waals surface area contributed by atoms with Crippen LogP contribution in [0.1, 0.15) is 144 Å².